The molecule has 26 heavy (non-hydrogen) atoms. The van der Waals surface area contributed by atoms with Crippen molar-refractivity contribution in [3.8, 4) is 0 Å². The molecule has 0 aliphatic heterocycles. The maximum absolute atomic E-state index is 12.7. The monoisotopic (exact) mass is 349 g/mol. The van der Waals surface area contributed by atoms with Gasteiger partial charge in [0.2, 0.25) is 0 Å². The molecule has 0 atom stereocenters. The van der Waals surface area contributed by atoms with Gasteiger partial charge in [-0.05, 0) is 39.0 Å². The number of fused-ring (bicyclic) bond motifs is 1. The minimum absolute atomic E-state index is 0.166. The molecule has 1 aromatic carbocycles. The van der Waals surface area contributed by atoms with Crippen LogP contribution in [0.5, 0.6) is 0 Å². The van der Waals surface area contributed by atoms with Crippen LogP contribution in [0.2, 0.25) is 0 Å². The Morgan fingerprint density at radius 1 is 1.12 bits per heavy atom. The number of carbonyl (C=O) groups is 1. The standard InChI is InChI=1S/C19H19N5O2/c1-12(2)24-19(26)16-7-5-4-6-15(16)17(23-24)18(25)22-21-13(3)14-8-10-20-11-9-14/h4-12H,1-3H3,(H,22,25)/b21-13-. The van der Waals surface area contributed by atoms with E-state index in [2.05, 4.69) is 20.6 Å². The van der Waals surface area contributed by atoms with Crippen LogP contribution in [0.1, 0.15) is 42.9 Å². The number of carbonyl (C=O) groups excluding carboxylic acids is 1. The first-order chi connectivity index (χ1) is 12.5. The van der Waals surface area contributed by atoms with Crippen LogP contribution in [0.4, 0.5) is 0 Å². The van der Waals surface area contributed by atoms with Crippen molar-refractivity contribution in [2.45, 2.75) is 26.8 Å². The minimum Gasteiger partial charge on any atom is -0.267 e. The van der Waals surface area contributed by atoms with E-state index in [9.17, 15) is 9.59 Å². The van der Waals surface area contributed by atoms with Gasteiger partial charge in [0.25, 0.3) is 11.5 Å². The summed E-state index contributed by atoms with van der Waals surface area (Å²) in [5.41, 5.74) is 3.97. The molecule has 7 nitrogen and oxygen atoms in total. The third kappa shape index (κ3) is 3.37. The molecular weight excluding hydrogens is 330 g/mol. The van der Waals surface area contributed by atoms with E-state index in [1.807, 2.05) is 13.8 Å². The summed E-state index contributed by atoms with van der Waals surface area (Å²) in [6.07, 6.45) is 3.31. The lowest BCUT2D eigenvalue weighted by Gasteiger charge is -2.12. The van der Waals surface area contributed by atoms with Gasteiger partial charge < -0.3 is 0 Å². The number of hydrogen-bond acceptors (Lipinski definition) is 5. The van der Waals surface area contributed by atoms with E-state index in [1.54, 1.807) is 55.7 Å². The van der Waals surface area contributed by atoms with Crippen molar-refractivity contribution >= 4 is 22.4 Å². The summed E-state index contributed by atoms with van der Waals surface area (Å²) < 4.78 is 1.32. The maximum Gasteiger partial charge on any atom is 0.292 e. The van der Waals surface area contributed by atoms with Crippen LogP contribution < -0.4 is 11.0 Å². The minimum atomic E-state index is -0.469. The lowest BCUT2D eigenvalue weighted by Crippen LogP contribution is -2.30. The summed E-state index contributed by atoms with van der Waals surface area (Å²) in [5.74, 6) is -0.469. The molecule has 1 N–H and O–H groups in total. The SMILES string of the molecule is C/C(=N/NC(=O)c1nn(C(C)C)c(=O)c2ccccc12)c1ccncc1. The van der Waals surface area contributed by atoms with E-state index < -0.39 is 5.91 Å². The Bertz CT molecular complexity index is 1040. The molecule has 0 aliphatic rings. The molecule has 3 aromatic rings. The van der Waals surface area contributed by atoms with Gasteiger partial charge in [-0.2, -0.15) is 10.2 Å². The third-order valence-electron chi connectivity index (χ3n) is 3.96. The second kappa shape index (κ2) is 7.26. The molecule has 1 amide bonds. The van der Waals surface area contributed by atoms with Gasteiger partial charge in [-0.1, -0.05) is 18.2 Å². The van der Waals surface area contributed by atoms with Crippen LogP contribution in [-0.4, -0.2) is 26.4 Å². The second-order valence-electron chi connectivity index (χ2n) is 6.11. The number of hydrazone groups is 1. The van der Waals surface area contributed by atoms with Crippen molar-refractivity contribution < 1.29 is 4.79 Å². The molecule has 0 aliphatic carbocycles. The lowest BCUT2D eigenvalue weighted by molar-refractivity contribution is 0.0949. The summed E-state index contributed by atoms with van der Waals surface area (Å²) in [7, 11) is 0. The fraction of sp³-hybridized carbons (Fsp3) is 0.211. The van der Waals surface area contributed by atoms with Gasteiger partial charge in [-0.15, -0.1) is 0 Å². The first kappa shape index (κ1) is 17.5. The van der Waals surface area contributed by atoms with Crippen molar-refractivity contribution in [3.63, 3.8) is 0 Å². The molecule has 0 bridgehead atoms. The number of nitrogens with zero attached hydrogens (tertiary/aromatic N) is 4. The fourth-order valence-corrected chi connectivity index (χ4v) is 2.57. The number of hydrogen-bond donors (Lipinski definition) is 1. The maximum atomic E-state index is 12.7. The normalized spacial score (nSPS) is 11.8. The van der Waals surface area contributed by atoms with Crippen molar-refractivity contribution in [1.82, 2.24) is 20.2 Å². The predicted molar refractivity (Wildman–Crippen MR) is 100 cm³/mol. The van der Waals surface area contributed by atoms with E-state index in [-0.39, 0.29) is 17.3 Å². The molecular formula is C19H19N5O2. The molecule has 2 heterocycles. The summed E-state index contributed by atoms with van der Waals surface area (Å²) >= 11 is 0. The zero-order chi connectivity index (χ0) is 18.7. The highest BCUT2D eigenvalue weighted by Gasteiger charge is 2.17. The number of amides is 1. The van der Waals surface area contributed by atoms with Crippen LogP contribution in [0.15, 0.2) is 58.7 Å². The average Bonchev–Trinajstić information content (AvgIpc) is 2.66. The number of aromatic nitrogens is 3. The van der Waals surface area contributed by atoms with E-state index in [0.717, 1.165) is 5.56 Å². The Labute approximate surface area is 150 Å². The lowest BCUT2D eigenvalue weighted by atomic mass is 10.1. The third-order valence-corrected chi connectivity index (χ3v) is 3.96. The van der Waals surface area contributed by atoms with E-state index in [4.69, 9.17) is 0 Å². The summed E-state index contributed by atoms with van der Waals surface area (Å²) in [6, 6.07) is 10.4. The summed E-state index contributed by atoms with van der Waals surface area (Å²) in [6.45, 7) is 5.48. The molecule has 0 unspecified atom stereocenters. The van der Waals surface area contributed by atoms with E-state index >= 15 is 0 Å². The topological polar surface area (TPSA) is 89.2 Å². The number of rotatable bonds is 4. The van der Waals surface area contributed by atoms with Crippen LogP contribution in [0.25, 0.3) is 10.8 Å². The van der Waals surface area contributed by atoms with Crippen molar-refractivity contribution in [2.24, 2.45) is 5.10 Å². The number of nitrogens with one attached hydrogen (secondary N) is 1. The Hall–Kier alpha value is -3.35. The van der Waals surface area contributed by atoms with Crippen LogP contribution in [-0.2, 0) is 0 Å². The zero-order valence-corrected chi connectivity index (χ0v) is 14.8. The Morgan fingerprint density at radius 2 is 1.77 bits per heavy atom. The quantitative estimate of drug-likeness (QED) is 0.579. The van der Waals surface area contributed by atoms with Crippen LogP contribution in [0, 0.1) is 0 Å². The molecule has 0 saturated carbocycles. The summed E-state index contributed by atoms with van der Waals surface area (Å²) in [4.78, 5) is 29.2. The van der Waals surface area contributed by atoms with Crippen molar-refractivity contribution in [3.05, 3.63) is 70.4 Å². The van der Waals surface area contributed by atoms with Crippen LogP contribution in [0.3, 0.4) is 0 Å². The van der Waals surface area contributed by atoms with Crippen molar-refractivity contribution in [2.75, 3.05) is 0 Å². The Morgan fingerprint density at radius 3 is 2.42 bits per heavy atom. The van der Waals surface area contributed by atoms with Gasteiger partial charge in [-0.25, -0.2) is 10.1 Å². The van der Waals surface area contributed by atoms with Gasteiger partial charge in [0.05, 0.1) is 17.1 Å². The molecule has 0 radical (unpaired) electrons. The highest BCUT2D eigenvalue weighted by Crippen LogP contribution is 2.14. The first-order valence-corrected chi connectivity index (χ1v) is 8.25. The van der Waals surface area contributed by atoms with Gasteiger partial charge in [-0.3, -0.25) is 14.6 Å². The number of benzene rings is 1. The molecule has 132 valence electrons. The smallest absolute Gasteiger partial charge is 0.267 e. The zero-order valence-electron chi connectivity index (χ0n) is 14.8. The molecule has 7 heteroatoms. The van der Waals surface area contributed by atoms with Gasteiger partial charge in [0.1, 0.15) is 0 Å². The van der Waals surface area contributed by atoms with Crippen LogP contribution >= 0.6 is 0 Å². The van der Waals surface area contributed by atoms with Crippen molar-refractivity contribution in [1.29, 1.82) is 0 Å². The Balaban J connectivity index is 2.01. The molecule has 2 aromatic heterocycles. The van der Waals surface area contributed by atoms with Gasteiger partial charge >= 0.3 is 0 Å². The van der Waals surface area contributed by atoms with Gasteiger partial charge in [0.15, 0.2) is 5.69 Å². The highest BCUT2D eigenvalue weighted by atomic mass is 16.2. The van der Waals surface area contributed by atoms with Gasteiger partial charge in [0, 0.05) is 23.3 Å². The molecule has 0 fully saturated rings. The largest absolute Gasteiger partial charge is 0.292 e. The molecule has 0 saturated heterocycles. The summed E-state index contributed by atoms with van der Waals surface area (Å²) in [5, 5.41) is 9.36. The fourth-order valence-electron chi connectivity index (χ4n) is 2.57. The molecule has 0 spiro atoms. The Kier molecular flexibility index (Phi) is 4.88. The van der Waals surface area contributed by atoms with E-state index in [1.165, 1.54) is 4.68 Å². The highest BCUT2D eigenvalue weighted by molar-refractivity contribution is 6.06. The molecule has 3 rings (SSSR count). The first-order valence-electron chi connectivity index (χ1n) is 8.25. The second-order valence-corrected chi connectivity index (χ2v) is 6.11. The average molecular weight is 349 g/mol. The van der Waals surface area contributed by atoms with E-state index in [0.29, 0.717) is 16.5 Å². The number of pyridine rings is 1. The predicted octanol–water partition coefficient (Wildman–Crippen LogP) is 2.53.